The summed E-state index contributed by atoms with van der Waals surface area (Å²) in [6.45, 7) is 1.11. The predicted octanol–water partition coefficient (Wildman–Crippen LogP) is 5.24. The van der Waals surface area contributed by atoms with Crippen molar-refractivity contribution in [1.29, 1.82) is 0 Å². The van der Waals surface area contributed by atoms with Crippen molar-refractivity contribution in [2.75, 3.05) is 5.88 Å². The van der Waals surface area contributed by atoms with Gasteiger partial charge in [0.15, 0.2) is 0 Å². The Morgan fingerprint density at radius 2 is 1.50 bits per heavy atom. The van der Waals surface area contributed by atoms with Crippen molar-refractivity contribution in [3.05, 3.63) is 95.8 Å². The molecular weight excluding hydrogens is 320 g/mol. The molecule has 0 fully saturated rings. The SMILES string of the molecule is ClCC1(OCc2ccccc2)C=CC(OCc2ccccc2)=CC1. The number of halogens is 1. The van der Waals surface area contributed by atoms with Crippen LogP contribution in [-0.2, 0) is 22.7 Å². The van der Waals surface area contributed by atoms with Crippen LogP contribution in [0.5, 0.6) is 0 Å². The third-order valence-corrected chi connectivity index (χ3v) is 4.50. The molecule has 0 N–H and O–H groups in total. The van der Waals surface area contributed by atoms with Crippen LogP contribution in [0.2, 0.25) is 0 Å². The molecule has 0 saturated heterocycles. The molecule has 3 rings (SSSR count). The van der Waals surface area contributed by atoms with Crippen molar-refractivity contribution in [3.63, 3.8) is 0 Å². The maximum atomic E-state index is 6.18. The van der Waals surface area contributed by atoms with E-state index in [1.54, 1.807) is 0 Å². The van der Waals surface area contributed by atoms with E-state index >= 15 is 0 Å². The molecule has 0 amide bonds. The summed E-state index contributed by atoms with van der Waals surface area (Å²) in [5.74, 6) is 1.28. The maximum absolute atomic E-state index is 6.18. The van der Waals surface area contributed by atoms with E-state index in [1.807, 2.05) is 48.6 Å². The first-order valence-electron chi connectivity index (χ1n) is 8.10. The second kappa shape index (κ2) is 8.18. The number of hydrogen-bond donors (Lipinski definition) is 0. The molecule has 1 unspecified atom stereocenters. The number of ether oxygens (including phenoxy) is 2. The van der Waals surface area contributed by atoms with E-state index in [2.05, 4.69) is 30.3 Å². The summed E-state index contributed by atoms with van der Waals surface area (Å²) in [6, 6.07) is 20.3. The molecule has 24 heavy (non-hydrogen) atoms. The van der Waals surface area contributed by atoms with Crippen LogP contribution in [0.15, 0.2) is 84.7 Å². The Morgan fingerprint density at radius 1 is 0.875 bits per heavy atom. The first kappa shape index (κ1) is 16.8. The molecule has 0 aliphatic heterocycles. The van der Waals surface area contributed by atoms with E-state index < -0.39 is 5.60 Å². The van der Waals surface area contributed by atoms with Gasteiger partial charge in [0.2, 0.25) is 0 Å². The third kappa shape index (κ3) is 4.50. The zero-order chi connectivity index (χ0) is 16.7. The van der Waals surface area contributed by atoms with E-state index in [-0.39, 0.29) is 0 Å². The highest BCUT2D eigenvalue weighted by Crippen LogP contribution is 2.28. The van der Waals surface area contributed by atoms with Gasteiger partial charge in [-0.2, -0.15) is 0 Å². The summed E-state index contributed by atoms with van der Waals surface area (Å²) in [6.07, 6.45) is 6.74. The molecule has 0 saturated carbocycles. The smallest absolute Gasteiger partial charge is 0.115 e. The van der Waals surface area contributed by atoms with Gasteiger partial charge in [0.1, 0.15) is 18.0 Å². The molecule has 0 radical (unpaired) electrons. The average molecular weight is 341 g/mol. The molecule has 0 aromatic heterocycles. The Labute approximate surface area is 148 Å². The Balaban J connectivity index is 1.55. The van der Waals surface area contributed by atoms with Gasteiger partial charge in [-0.25, -0.2) is 0 Å². The minimum atomic E-state index is -0.461. The van der Waals surface area contributed by atoms with Crippen LogP contribution in [-0.4, -0.2) is 11.5 Å². The summed E-state index contributed by atoms with van der Waals surface area (Å²) in [4.78, 5) is 0. The van der Waals surface area contributed by atoms with E-state index in [0.29, 0.717) is 25.5 Å². The molecule has 2 nitrogen and oxygen atoms in total. The summed E-state index contributed by atoms with van der Waals surface area (Å²) in [5.41, 5.74) is 1.84. The van der Waals surface area contributed by atoms with Crippen LogP contribution in [0.1, 0.15) is 17.5 Å². The lowest BCUT2D eigenvalue weighted by Gasteiger charge is -2.30. The Bertz CT molecular complexity index is 694. The van der Waals surface area contributed by atoms with Crippen molar-refractivity contribution in [2.24, 2.45) is 0 Å². The first-order valence-corrected chi connectivity index (χ1v) is 8.63. The second-order valence-electron chi connectivity index (χ2n) is 5.89. The largest absolute Gasteiger partial charge is 0.489 e. The molecule has 0 spiro atoms. The maximum Gasteiger partial charge on any atom is 0.115 e. The van der Waals surface area contributed by atoms with E-state index in [0.717, 1.165) is 16.9 Å². The Kier molecular flexibility index (Phi) is 5.73. The van der Waals surface area contributed by atoms with E-state index in [1.165, 1.54) is 0 Å². The van der Waals surface area contributed by atoms with E-state index in [9.17, 15) is 0 Å². The number of alkyl halides is 1. The molecule has 1 aliphatic rings. The van der Waals surface area contributed by atoms with Crippen LogP contribution in [0.3, 0.4) is 0 Å². The van der Waals surface area contributed by atoms with Gasteiger partial charge in [-0.05, 0) is 29.4 Å². The van der Waals surface area contributed by atoms with Crippen molar-refractivity contribution in [3.8, 4) is 0 Å². The van der Waals surface area contributed by atoms with Crippen LogP contribution >= 0.6 is 11.6 Å². The number of benzene rings is 2. The minimum absolute atomic E-state index is 0.415. The van der Waals surface area contributed by atoms with Crippen LogP contribution in [0, 0.1) is 0 Å². The van der Waals surface area contributed by atoms with Gasteiger partial charge in [-0.3, -0.25) is 0 Å². The standard InChI is InChI=1S/C21H21ClO2/c22-17-21(24-16-19-9-5-2-6-10-19)13-11-20(12-14-21)23-15-18-7-3-1-4-8-18/h1-13H,14-17H2. The lowest BCUT2D eigenvalue weighted by molar-refractivity contribution is -0.00434. The fraction of sp³-hybridized carbons (Fsp3) is 0.238. The molecule has 2 aromatic rings. The third-order valence-electron chi connectivity index (χ3n) is 4.04. The normalized spacial score (nSPS) is 19.8. The molecule has 124 valence electrons. The van der Waals surface area contributed by atoms with Gasteiger partial charge in [-0.15, -0.1) is 11.6 Å². The average Bonchev–Trinajstić information content (AvgIpc) is 2.67. The van der Waals surface area contributed by atoms with Gasteiger partial charge in [0, 0.05) is 6.42 Å². The minimum Gasteiger partial charge on any atom is -0.489 e. The first-order chi connectivity index (χ1) is 11.8. The van der Waals surface area contributed by atoms with Crippen molar-refractivity contribution < 1.29 is 9.47 Å². The highest BCUT2D eigenvalue weighted by Gasteiger charge is 2.28. The van der Waals surface area contributed by atoms with Gasteiger partial charge < -0.3 is 9.47 Å². The fourth-order valence-corrected chi connectivity index (χ4v) is 2.81. The van der Waals surface area contributed by atoms with Gasteiger partial charge in [-0.1, -0.05) is 60.7 Å². The molecule has 2 aromatic carbocycles. The lowest BCUT2D eigenvalue weighted by atomic mass is 9.96. The Morgan fingerprint density at radius 3 is 2.04 bits per heavy atom. The monoisotopic (exact) mass is 340 g/mol. The highest BCUT2D eigenvalue weighted by atomic mass is 35.5. The molecule has 1 aliphatic carbocycles. The quantitative estimate of drug-likeness (QED) is 0.641. The van der Waals surface area contributed by atoms with Crippen molar-refractivity contribution in [2.45, 2.75) is 25.2 Å². The number of hydrogen-bond acceptors (Lipinski definition) is 2. The van der Waals surface area contributed by atoms with Crippen LogP contribution in [0.25, 0.3) is 0 Å². The fourth-order valence-electron chi connectivity index (χ4n) is 2.54. The molecule has 0 heterocycles. The predicted molar refractivity (Wildman–Crippen MR) is 97.8 cm³/mol. The van der Waals surface area contributed by atoms with E-state index in [4.69, 9.17) is 21.1 Å². The van der Waals surface area contributed by atoms with Gasteiger partial charge in [0.25, 0.3) is 0 Å². The van der Waals surface area contributed by atoms with Gasteiger partial charge >= 0.3 is 0 Å². The van der Waals surface area contributed by atoms with Gasteiger partial charge in [0.05, 0.1) is 12.5 Å². The topological polar surface area (TPSA) is 18.5 Å². The molecule has 1 atom stereocenters. The second-order valence-corrected chi connectivity index (χ2v) is 6.16. The molecule has 0 bridgehead atoms. The summed E-state index contributed by atoms with van der Waals surface area (Å²) in [5, 5.41) is 0. The number of rotatable bonds is 7. The zero-order valence-corrected chi connectivity index (χ0v) is 14.3. The highest BCUT2D eigenvalue weighted by molar-refractivity contribution is 6.18. The van der Waals surface area contributed by atoms with Crippen molar-refractivity contribution in [1.82, 2.24) is 0 Å². The lowest BCUT2D eigenvalue weighted by Crippen LogP contribution is -2.33. The Hall–Kier alpha value is -2.03. The zero-order valence-electron chi connectivity index (χ0n) is 13.5. The molecule has 3 heteroatoms. The summed E-state index contributed by atoms with van der Waals surface area (Å²) >= 11 is 6.18. The van der Waals surface area contributed by atoms with Crippen LogP contribution in [0.4, 0.5) is 0 Å². The number of allylic oxidation sites excluding steroid dienone is 1. The summed E-state index contributed by atoms with van der Waals surface area (Å²) < 4.78 is 11.9. The van der Waals surface area contributed by atoms with Crippen molar-refractivity contribution >= 4 is 11.6 Å². The summed E-state index contributed by atoms with van der Waals surface area (Å²) in [7, 11) is 0. The molecular formula is C21H21ClO2. The van der Waals surface area contributed by atoms with Crippen LogP contribution < -0.4 is 0 Å².